The average molecular weight is 250 g/mol. The van der Waals surface area contributed by atoms with Gasteiger partial charge >= 0.3 is 11.9 Å². The molecule has 8 heteroatoms. The van der Waals surface area contributed by atoms with Crippen LogP contribution in [-0.4, -0.2) is 40.4 Å². The quantitative estimate of drug-likeness (QED) is 0.237. The van der Waals surface area contributed by atoms with Crippen LogP contribution >= 0.6 is 0 Å². The van der Waals surface area contributed by atoms with E-state index in [1.165, 1.54) is 6.92 Å². The van der Waals surface area contributed by atoms with E-state index in [1.54, 1.807) is 0 Å². The monoisotopic (exact) mass is 250 g/mol. The number of rotatable bonds is 6. The first-order valence-corrected chi connectivity index (χ1v) is 5.12. The summed E-state index contributed by atoms with van der Waals surface area (Å²) < 4.78 is 0. The molecule has 0 aromatic rings. The molecule has 0 fully saturated rings. The highest BCUT2D eigenvalue weighted by atomic mass is 16.4. The van der Waals surface area contributed by atoms with E-state index in [9.17, 15) is 9.59 Å². The van der Waals surface area contributed by atoms with Crippen LogP contribution in [0, 0.1) is 0 Å². The lowest BCUT2D eigenvalue weighted by Gasteiger charge is -2.09. The first kappa shape index (κ1) is 18.2. The van der Waals surface area contributed by atoms with Crippen molar-refractivity contribution < 1.29 is 19.8 Å². The molecule has 8 nitrogen and oxygen atoms in total. The normalized spacial score (nSPS) is 12.3. The van der Waals surface area contributed by atoms with Gasteiger partial charge in [0.15, 0.2) is 5.66 Å². The Morgan fingerprint density at radius 3 is 1.88 bits per heavy atom. The Balaban J connectivity index is 0. The topological polar surface area (TPSA) is 179 Å². The third-order valence-electron chi connectivity index (χ3n) is 1.75. The van der Waals surface area contributed by atoms with Crippen LogP contribution in [0.4, 0.5) is 0 Å². The zero-order valence-corrected chi connectivity index (χ0v) is 9.93. The lowest BCUT2D eigenvalue weighted by molar-refractivity contribution is -0.142. The molecule has 0 radical (unpaired) electrons. The highest BCUT2D eigenvalue weighted by Crippen LogP contribution is 1.96. The van der Waals surface area contributed by atoms with Gasteiger partial charge in [-0.05, 0) is 26.3 Å². The number of aliphatic carboxylic acids is 2. The fourth-order valence-electron chi connectivity index (χ4n) is 0.632. The molecule has 0 saturated heterocycles. The molecular formula is C9H22N4O4. The second-order valence-corrected chi connectivity index (χ2v) is 3.82. The van der Waals surface area contributed by atoms with Gasteiger partial charge in [0.2, 0.25) is 0 Å². The van der Waals surface area contributed by atoms with Crippen LogP contribution in [0.25, 0.3) is 0 Å². The number of carboxylic acids is 2. The van der Waals surface area contributed by atoms with E-state index in [2.05, 4.69) is 0 Å². The van der Waals surface area contributed by atoms with Crippen molar-refractivity contribution in [2.24, 2.45) is 22.9 Å². The van der Waals surface area contributed by atoms with Crippen molar-refractivity contribution in [3.63, 3.8) is 0 Å². The molecular weight excluding hydrogens is 228 g/mol. The Bertz CT molecular complexity index is 240. The van der Waals surface area contributed by atoms with Crippen LogP contribution in [0.5, 0.6) is 0 Å². The zero-order valence-electron chi connectivity index (χ0n) is 9.93. The van der Waals surface area contributed by atoms with Crippen molar-refractivity contribution in [2.75, 3.05) is 6.54 Å². The number of carboxylic acid groups (broad SMARTS) is 2. The molecule has 0 aromatic carbocycles. The molecule has 17 heavy (non-hydrogen) atoms. The van der Waals surface area contributed by atoms with Crippen LogP contribution < -0.4 is 22.9 Å². The van der Waals surface area contributed by atoms with Crippen LogP contribution in [0.2, 0.25) is 0 Å². The second kappa shape index (κ2) is 8.88. The Hall–Kier alpha value is -1.22. The van der Waals surface area contributed by atoms with Crippen molar-refractivity contribution in [2.45, 2.75) is 37.9 Å². The van der Waals surface area contributed by atoms with Crippen molar-refractivity contribution in [1.29, 1.82) is 0 Å². The number of carbonyl (C=O) groups is 2. The first-order valence-electron chi connectivity index (χ1n) is 5.12. The van der Waals surface area contributed by atoms with Crippen LogP contribution in [0.3, 0.4) is 0 Å². The fraction of sp³-hybridized carbons (Fsp3) is 0.778. The molecule has 0 saturated carbocycles. The van der Waals surface area contributed by atoms with Crippen molar-refractivity contribution >= 4 is 11.9 Å². The van der Waals surface area contributed by atoms with Gasteiger partial charge in [-0.15, -0.1) is 0 Å². The highest BCUT2D eigenvalue weighted by Gasteiger charge is 2.20. The minimum absolute atomic E-state index is 0.520. The van der Waals surface area contributed by atoms with Crippen molar-refractivity contribution in [3.8, 4) is 0 Å². The summed E-state index contributed by atoms with van der Waals surface area (Å²) in [5.41, 5.74) is 18.5. The molecule has 10 N–H and O–H groups in total. The number of hydrogen-bond donors (Lipinski definition) is 6. The molecule has 0 heterocycles. The summed E-state index contributed by atoms with van der Waals surface area (Å²) in [6.07, 6.45) is 2.16. The van der Waals surface area contributed by atoms with E-state index in [0.29, 0.717) is 13.0 Å². The van der Waals surface area contributed by atoms with E-state index in [-0.39, 0.29) is 0 Å². The molecule has 0 aliphatic heterocycles. The number of unbranched alkanes of at least 4 members (excludes halogenated alkanes) is 1. The molecule has 0 aromatic heterocycles. The summed E-state index contributed by atoms with van der Waals surface area (Å²) in [7, 11) is 0. The Morgan fingerprint density at radius 1 is 1.24 bits per heavy atom. The van der Waals surface area contributed by atoms with Gasteiger partial charge in [-0.25, -0.2) is 4.79 Å². The van der Waals surface area contributed by atoms with E-state index in [4.69, 9.17) is 33.1 Å². The van der Waals surface area contributed by atoms with Gasteiger partial charge in [-0.3, -0.25) is 4.79 Å². The number of nitrogens with two attached hydrogens (primary N) is 4. The Kier molecular flexibility index (Phi) is 9.48. The van der Waals surface area contributed by atoms with Gasteiger partial charge in [0.25, 0.3) is 0 Å². The Morgan fingerprint density at radius 2 is 1.65 bits per heavy atom. The van der Waals surface area contributed by atoms with Crippen molar-refractivity contribution in [1.82, 2.24) is 0 Å². The summed E-state index contributed by atoms with van der Waals surface area (Å²) in [4.78, 5) is 19.9. The molecule has 0 aliphatic rings. The highest BCUT2D eigenvalue weighted by molar-refractivity contribution is 5.76. The summed E-state index contributed by atoms with van der Waals surface area (Å²) in [5, 5.41) is 16.3. The summed E-state index contributed by atoms with van der Waals surface area (Å²) in [6, 6.07) is -0.716. The van der Waals surface area contributed by atoms with Crippen molar-refractivity contribution in [3.05, 3.63) is 0 Å². The van der Waals surface area contributed by atoms with Gasteiger partial charge in [-0.2, -0.15) is 0 Å². The van der Waals surface area contributed by atoms with Gasteiger partial charge in [0.1, 0.15) is 6.04 Å². The van der Waals surface area contributed by atoms with E-state index < -0.39 is 23.6 Å². The minimum atomic E-state index is -1.58. The third kappa shape index (κ3) is 12.7. The maximum absolute atomic E-state index is 10.1. The summed E-state index contributed by atoms with van der Waals surface area (Å²) in [5.74, 6) is -2.13. The first-order chi connectivity index (χ1) is 7.62. The average Bonchev–Trinajstić information content (AvgIpc) is 2.17. The predicted octanol–water partition coefficient (Wildman–Crippen LogP) is -1.77. The lowest BCUT2D eigenvalue weighted by atomic mass is 10.1. The molecule has 0 spiro atoms. The van der Waals surface area contributed by atoms with Crippen LogP contribution in [0.15, 0.2) is 0 Å². The summed E-state index contributed by atoms with van der Waals surface area (Å²) >= 11 is 0. The molecule has 102 valence electrons. The van der Waals surface area contributed by atoms with Gasteiger partial charge in [0.05, 0.1) is 0 Å². The second-order valence-electron chi connectivity index (χ2n) is 3.82. The van der Waals surface area contributed by atoms with E-state index >= 15 is 0 Å². The largest absolute Gasteiger partial charge is 0.480 e. The summed E-state index contributed by atoms with van der Waals surface area (Å²) in [6.45, 7) is 1.82. The standard InChI is InChI=1S/C6H14N2O2.C3H8N2O2/c7-4-2-1-3-5(8)6(9)10;1-3(4,5)2(6)7/h5H,1-4,7-8H2,(H,9,10);4-5H2,1H3,(H,6,7)/t5-;/m0./s1. The molecule has 0 unspecified atom stereocenters. The zero-order chi connectivity index (χ0) is 14.1. The Labute approximate surface area is 99.9 Å². The van der Waals surface area contributed by atoms with E-state index in [1.807, 2.05) is 0 Å². The fourth-order valence-corrected chi connectivity index (χ4v) is 0.632. The van der Waals surface area contributed by atoms with Gasteiger partial charge in [-0.1, -0.05) is 6.42 Å². The van der Waals surface area contributed by atoms with Gasteiger partial charge in [0, 0.05) is 0 Å². The smallest absolute Gasteiger partial charge is 0.338 e. The van der Waals surface area contributed by atoms with E-state index in [0.717, 1.165) is 12.8 Å². The number of hydrogen-bond acceptors (Lipinski definition) is 6. The van der Waals surface area contributed by atoms with Gasteiger partial charge < -0.3 is 33.1 Å². The molecule has 0 bridgehead atoms. The van der Waals surface area contributed by atoms with Crippen LogP contribution in [0.1, 0.15) is 26.2 Å². The maximum Gasteiger partial charge on any atom is 0.338 e. The third-order valence-corrected chi connectivity index (χ3v) is 1.75. The SMILES string of the molecule is CC(N)(N)C(=O)O.NCCCC[C@H](N)C(=O)O. The molecule has 1 atom stereocenters. The van der Waals surface area contributed by atoms with Crippen LogP contribution in [-0.2, 0) is 9.59 Å². The molecule has 0 aliphatic carbocycles. The minimum Gasteiger partial charge on any atom is -0.480 e. The maximum atomic E-state index is 10.1. The lowest BCUT2D eigenvalue weighted by Crippen LogP contribution is -2.53. The predicted molar refractivity (Wildman–Crippen MR) is 62.9 cm³/mol. The molecule has 0 rings (SSSR count). The molecule has 0 amide bonds.